The van der Waals surface area contributed by atoms with Crippen molar-refractivity contribution in [3.8, 4) is 70.1 Å². The number of pyridine rings is 1. The molecule has 5 rings (SSSR count). The molecule has 0 N–H and O–H groups in total. The maximum atomic E-state index is 5.71. The van der Waals surface area contributed by atoms with E-state index >= 15 is 0 Å². The minimum absolute atomic E-state index is 0.277. The molecule has 0 aliphatic carbocycles. The van der Waals surface area contributed by atoms with Gasteiger partial charge in [0.15, 0.2) is 23.0 Å². The lowest BCUT2D eigenvalue weighted by Crippen LogP contribution is -2.45. The van der Waals surface area contributed by atoms with Crippen molar-refractivity contribution in [2.24, 2.45) is 0 Å². The Bertz CT molecular complexity index is 1910. The standard InChI is InChI=1S/C44H55N3O8.C2H2/c1-10-11-30(12-13-31-21-39(50-4)43(54-8)40(22-31)51-5)28-46-18-15-34(16-19-46)47(35-25-36(48-2)27-37(26-35)49-3)29-32-14-17-45-38(20-32)33-23-41(52-6)44(55-9)42(24-33)53-7;1-2/h10-12,14,17,20-27,34H,13,15-16,18-19,28-29H2,1-9H3;1-2H/b11-10-,30-12+;. The fraction of sp³-hybridized carbons (Fsp3) is 0.370. The number of methoxy groups -OCH3 is 8. The first kappa shape index (κ1) is 43.7. The smallest absolute Gasteiger partial charge is 0.203 e. The molecule has 1 aliphatic heterocycles. The molecule has 304 valence electrons. The molecule has 1 fully saturated rings. The van der Waals surface area contributed by atoms with Crippen LogP contribution in [0.4, 0.5) is 5.69 Å². The number of nitrogens with zero attached hydrogens (tertiary/aromatic N) is 3. The van der Waals surface area contributed by atoms with Gasteiger partial charge in [0.2, 0.25) is 11.5 Å². The van der Waals surface area contributed by atoms with Gasteiger partial charge in [0.1, 0.15) is 11.5 Å². The summed E-state index contributed by atoms with van der Waals surface area (Å²) in [5, 5.41) is 0. The predicted molar refractivity (Wildman–Crippen MR) is 227 cm³/mol. The fourth-order valence-electron chi connectivity index (χ4n) is 7.09. The molecule has 0 saturated carbocycles. The van der Waals surface area contributed by atoms with Gasteiger partial charge in [-0.3, -0.25) is 9.88 Å². The molecule has 0 unspecified atom stereocenters. The van der Waals surface area contributed by atoms with E-state index in [-0.39, 0.29) is 6.04 Å². The monoisotopic (exact) mass is 779 g/mol. The molecular formula is C46H57N3O8. The van der Waals surface area contributed by atoms with Gasteiger partial charge in [-0.15, -0.1) is 12.8 Å². The molecule has 1 aromatic heterocycles. The average Bonchev–Trinajstić information content (AvgIpc) is 3.27. The Balaban J connectivity index is 0.00000354. The molecule has 11 nitrogen and oxygen atoms in total. The van der Waals surface area contributed by atoms with E-state index < -0.39 is 0 Å². The highest BCUT2D eigenvalue weighted by molar-refractivity contribution is 5.69. The Morgan fingerprint density at radius 2 is 1.25 bits per heavy atom. The highest BCUT2D eigenvalue weighted by Crippen LogP contribution is 2.42. The van der Waals surface area contributed by atoms with Gasteiger partial charge in [0.05, 0.1) is 62.6 Å². The summed E-state index contributed by atoms with van der Waals surface area (Å²) in [6, 6.07) is 18.4. The minimum Gasteiger partial charge on any atom is -0.497 e. The zero-order valence-corrected chi connectivity index (χ0v) is 34.8. The first-order valence-electron chi connectivity index (χ1n) is 18.7. The highest BCUT2D eigenvalue weighted by atomic mass is 16.5. The lowest BCUT2D eigenvalue weighted by atomic mass is 9.99. The van der Waals surface area contributed by atoms with E-state index in [0.717, 1.165) is 78.5 Å². The number of anilines is 1. The van der Waals surface area contributed by atoms with Crippen LogP contribution in [0.15, 0.2) is 84.6 Å². The maximum absolute atomic E-state index is 5.71. The molecule has 0 radical (unpaired) electrons. The van der Waals surface area contributed by atoms with E-state index in [1.54, 1.807) is 56.9 Å². The van der Waals surface area contributed by atoms with Crippen molar-refractivity contribution in [1.29, 1.82) is 0 Å². The minimum atomic E-state index is 0.277. The van der Waals surface area contributed by atoms with Crippen molar-refractivity contribution in [2.45, 2.75) is 38.8 Å². The number of allylic oxidation sites excluding steroid dienone is 2. The molecule has 3 aromatic carbocycles. The quantitative estimate of drug-likeness (QED) is 0.0722. The second-order valence-electron chi connectivity index (χ2n) is 13.2. The van der Waals surface area contributed by atoms with Crippen molar-refractivity contribution in [2.75, 3.05) is 81.4 Å². The van der Waals surface area contributed by atoms with Crippen LogP contribution < -0.4 is 42.8 Å². The summed E-state index contributed by atoms with van der Waals surface area (Å²) < 4.78 is 44.9. The number of terminal acetylenes is 1. The summed E-state index contributed by atoms with van der Waals surface area (Å²) in [6.45, 7) is 5.49. The fourth-order valence-corrected chi connectivity index (χ4v) is 7.09. The Morgan fingerprint density at radius 3 is 1.74 bits per heavy atom. The second kappa shape index (κ2) is 21.9. The molecule has 0 bridgehead atoms. The van der Waals surface area contributed by atoms with Gasteiger partial charge in [-0.25, -0.2) is 0 Å². The largest absolute Gasteiger partial charge is 0.497 e. The van der Waals surface area contributed by atoms with E-state index in [4.69, 9.17) is 42.9 Å². The number of hydrogen-bond donors (Lipinski definition) is 0. The van der Waals surface area contributed by atoms with Crippen LogP contribution in [0.1, 0.15) is 30.9 Å². The average molecular weight is 780 g/mol. The summed E-state index contributed by atoms with van der Waals surface area (Å²) in [7, 11) is 13.1. The predicted octanol–water partition coefficient (Wildman–Crippen LogP) is 8.28. The van der Waals surface area contributed by atoms with Gasteiger partial charge < -0.3 is 42.8 Å². The third-order valence-corrected chi connectivity index (χ3v) is 9.91. The van der Waals surface area contributed by atoms with E-state index in [9.17, 15) is 0 Å². The Labute approximate surface area is 338 Å². The Kier molecular flexibility index (Phi) is 16.8. The van der Waals surface area contributed by atoms with Gasteiger partial charge in [0, 0.05) is 67.9 Å². The molecule has 57 heavy (non-hydrogen) atoms. The molecule has 1 saturated heterocycles. The SMILES string of the molecule is C#C.C/C=C\C(=C/Cc1cc(OC)c(OC)c(OC)c1)CN1CCC(N(Cc2ccnc(-c3cc(OC)c(OC)c(OC)c3)c2)c2cc(OC)cc(OC)c2)CC1. The van der Waals surface area contributed by atoms with Crippen LogP contribution >= 0.6 is 0 Å². The Hall–Kier alpha value is -5.99. The summed E-state index contributed by atoms with van der Waals surface area (Å²) in [6.07, 6.45) is 19.2. The maximum Gasteiger partial charge on any atom is 0.203 e. The third-order valence-electron chi connectivity index (χ3n) is 9.91. The van der Waals surface area contributed by atoms with E-state index in [0.29, 0.717) is 41.0 Å². The number of rotatable bonds is 18. The summed E-state index contributed by atoms with van der Waals surface area (Å²) in [5.74, 6) is 5.10. The zero-order valence-electron chi connectivity index (χ0n) is 34.8. The molecular weight excluding hydrogens is 723 g/mol. The lowest BCUT2D eigenvalue weighted by Gasteiger charge is -2.40. The molecule has 2 heterocycles. The van der Waals surface area contributed by atoms with Gasteiger partial charge in [-0.05, 0) is 79.3 Å². The molecule has 0 atom stereocenters. The number of aromatic nitrogens is 1. The van der Waals surface area contributed by atoms with Gasteiger partial charge in [0.25, 0.3) is 0 Å². The van der Waals surface area contributed by atoms with Crippen LogP contribution in [0.3, 0.4) is 0 Å². The van der Waals surface area contributed by atoms with E-state index in [1.165, 1.54) is 5.57 Å². The van der Waals surface area contributed by atoms with Gasteiger partial charge >= 0.3 is 0 Å². The normalized spacial score (nSPS) is 13.3. The third kappa shape index (κ3) is 11.1. The van der Waals surface area contributed by atoms with Crippen LogP contribution in [-0.4, -0.2) is 92.4 Å². The second-order valence-corrected chi connectivity index (χ2v) is 13.2. The number of hydrogen-bond acceptors (Lipinski definition) is 11. The van der Waals surface area contributed by atoms with Crippen molar-refractivity contribution in [3.05, 3.63) is 95.7 Å². The molecule has 4 aromatic rings. The molecule has 0 spiro atoms. The molecule has 1 aliphatic rings. The van der Waals surface area contributed by atoms with Gasteiger partial charge in [-0.2, -0.15) is 0 Å². The van der Waals surface area contributed by atoms with Crippen LogP contribution in [0.25, 0.3) is 11.3 Å². The van der Waals surface area contributed by atoms with Crippen LogP contribution in [0.5, 0.6) is 46.0 Å². The first-order chi connectivity index (χ1) is 27.8. The summed E-state index contributed by atoms with van der Waals surface area (Å²) in [4.78, 5) is 9.74. The van der Waals surface area contributed by atoms with Gasteiger partial charge in [-0.1, -0.05) is 18.2 Å². The van der Waals surface area contributed by atoms with E-state index in [1.807, 2.05) is 36.5 Å². The van der Waals surface area contributed by atoms with E-state index in [2.05, 4.69) is 72.1 Å². The number of benzene rings is 3. The Morgan fingerprint density at radius 1 is 0.702 bits per heavy atom. The topological polar surface area (TPSA) is 93.2 Å². The van der Waals surface area contributed by atoms with Crippen molar-refractivity contribution < 1.29 is 37.9 Å². The van der Waals surface area contributed by atoms with Crippen molar-refractivity contribution >= 4 is 5.69 Å². The van der Waals surface area contributed by atoms with Crippen molar-refractivity contribution in [3.63, 3.8) is 0 Å². The number of ether oxygens (including phenoxy) is 8. The van der Waals surface area contributed by atoms with Crippen LogP contribution in [-0.2, 0) is 13.0 Å². The summed E-state index contributed by atoms with van der Waals surface area (Å²) in [5.41, 5.74) is 6.19. The zero-order chi connectivity index (χ0) is 41.3. The molecule has 0 amide bonds. The summed E-state index contributed by atoms with van der Waals surface area (Å²) >= 11 is 0. The lowest BCUT2D eigenvalue weighted by molar-refractivity contribution is 0.224. The highest BCUT2D eigenvalue weighted by Gasteiger charge is 2.27. The first-order valence-corrected chi connectivity index (χ1v) is 18.7. The number of piperidine rings is 1. The molecule has 11 heteroatoms. The number of likely N-dealkylation sites (tertiary alicyclic amines) is 1. The van der Waals surface area contributed by atoms with Crippen LogP contribution in [0.2, 0.25) is 0 Å². The van der Waals surface area contributed by atoms with Crippen LogP contribution in [0, 0.1) is 12.8 Å². The van der Waals surface area contributed by atoms with Crippen molar-refractivity contribution in [1.82, 2.24) is 9.88 Å².